The van der Waals surface area contributed by atoms with Gasteiger partial charge in [-0.2, -0.15) is 0 Å². The van der Waals surface area contributed by atoms with E-state index in [1.807, 2.05) is 32.9 Å². The third-order valence-electron chi connectivity index (χ3n) is 3.76. The van der Waals surface area contributed by atoms with Crippen molar-refractivity contribution in [2.75, 3.05) is 6.54 Å². The third-order valence-corrected chi connectivity index (χ3v) is 8.20. The van der Waals surface area contributed by atoms with Crippen molar-refractivity contribution >= 4 is 14.4 Å². The van der Waals surface area contributed by atoms with E-state index in [0.29, 0.717) is 6.54 Å². The van der Waals surface area contributed by atoms with Crippen molar-refractivity contribution in [2.45, 2.75) is 71.5 Å². The molecule has 0 bridgehead atoms. The zero-order valence-corrected chi connectivity index (χ0v) is 15.1. The van der Waals surface area contributed by atoms with Crippen molar-refractivity contribution in [1.29, 1.82) is 0 Å². The Bertz CT molecular complexity index is 391. The Morgan fingerprint density at radius 1 is 1.20 bits per heavy atom. The van der Waals surface area contributed by atoms with Crippen LogP contribution < -0.4 is 0 Å². The predicted molar refractivity (Wildman–Crippen MR) is 84.2 cm³/mol. The Morgan fingerprint density at radius 2 is 1.75 bits per heavy atom. The van der Waals surface area contributed by atoms with E-state index in [9.17, 15) is 4.79 Å². The van der Waals surface area contributed by atoms with Gasteiger partial charge in [-0.25, -0.2) is 4.79 Å². The summed E-state index contributed by atoms with van der Waals surface area (Å²) in [5.41, 5.74) is -0.485. The molecule has 1 heterocycles. The standard InChI is InChI=1S/C15H29NO3Si/c1-14(2,3)18-13(17)16-11-9-10-12(16)19-20(7,8)15(4,5)6/h9-10,12H,11H2,1-8H3/t12-/m0/s1. The lowest BCUT2D eigenvalue weighted by Crippen LogP contribution is -2.49. The Balaban J connectivity index is 2.76. The Hall–Kier alpha value is -0.813. The van der Waals surface area contributed by atoms with Gasteiger partial charge in [-0.3, -0.25) is 4.90 Å². The van der Waals surface area contributed by atoms with Gasteiger partial charge in [0.1, 0.15) is 11.8 Å². The van der Waals surface area contributed by atoms with Gasteiger partial charge < -0.3 is 9.16 Å². The van der Waals surface area contributed by atoms with Gasteiger partial charge in [0.15, 0.2) is 8.32 Å². The molecule has 5 heteroatoms. The normalized spacial score (nSPS) is 20.4. The summed E-state index contributed by atoms with van der Waals surface area (Å²) in [7, 11) is -1.92. The van der Waals surface area contributed by atoms with Crippen LogP contribution in [0.1, 0.15) is 41.5 Å². The summed E-state index contributed by atoms with van der Waals surface area (Å²) >= 11 is 0. The lowest BCUT2D eigenvalue weighted by molar-refractivity contribution is -0.00152. The summed E-state index contributed by atoms with van der Waals surface area (Å²) in [5, 5.41) is 0.114. The van der Waals surface area contributed by atoms with Gasteiger partial charge in [0, 0.05) is 6.54 Å². The molecule has 1 amide bonds. The zero-order valence-electron chi connectivity index (χ0n) is 14.1. The van der Waals surface area contributed by atoms with Gasteiger partial charge >= 0.3 is 6.09 Å². The van der Waals surface area contributed by atoms with E-state index in [2.05, 4.69) is 33.9 Å². The smallest absolute Gasteiger partial charge is 0.412 e. The van der Waals surface area contributed by atoms with E-state index in [0.717, 1.165) is 0 Å². The summed E-state index contributed by atoms with van der Waals surface area (Å²) in [4.78, 5) is 13.9. The van der Waals surface area contributed by atoms with Crippen LogP contribution >= 0.6 is 0 Å². The Kier molecular flexibility index (Phi) is 4.76. The number of carbonyl (C=O) groups is 1. The van der Waals surface area contributed by atoms with Crippen LogP contribution in [0.15, 0.2) is 12.2 Å². The van der Waals surface area contributed by atoms with Crippen molar-refractivity contribution < 1.29 is 14.0 Å². The number of nitrogens with zero attached hydrogens (tertiary/aromatic N) is 1. The SMILES string of the molecule is CC(C)(C)OC(=O)N1CC=C[C@@H]1O[Si](C)(C)C(C)(C)C. The number of rotatable bonds is 2. The topological polar surface area (TPSA) is 38.8 Å². The van der Waals surface area contributed by atoms with Crippen LogP contribution in [0.4, 0.5) is 4.79 Å². The summed E-state index contributed by atoms with van der Waals surface area (Å²) in [6.07, 6.45) is 3.29. The van der Waals surface area contributed by atoms with Crippen LogP contribution in [-0.4, -0.2) is 37.7 Å². The molecule has 0 N–H and O–H groups in total. The van der Waals surface area contributed by atoms with Crippen LogP contribution in [0.25, 0.3) is 0 Å². The highest BCUT2D eigenvalue weighted by atomic mass is 28.4. The fraction of sp³-hybridized carbons (Fsp3) is 0.800. The molecule has 0 saturated heterocycles. The first-order chi connectivity index (χ1) is 8.83. The van der Waals surface area contributed by atoms with E-state index in [-0.39, 0.29) is 17.4 Å². The maximum atomic E-state index is 12.2. The van der Waals surface area contributed by atoms with Crippen LogP contribution in [-0.2, 0) is 9.16 Å². The molecule has 0 aliphatic carbocycles. The first-order valence-corrected chi connectivity index (χ1v) is 10.1. The molecule has 1 aliphatic rings. The van der Waals surface area contributed by atoms with E-state index >= 15 is 0 Å². The zero-order chi connectivity index (χ0) is 15.8. The fourth-order valence-electron chi connectivity index (χ4n) is 1.58. The van der Waals surface area contributed by atoms with Crippen LogP contribution in [0, 0.1) is 0 Å². The van der Waals surface area contributed by atoms with Gasteiger partial charge in [-0.05, 0) is 45.0 Å². The van der Waals surface area contributed by atoms with Crippen molar-refractivity contribution in [3.63, 3.8) is 0 Å². The lowest BCUT2D eigenvalue weighted by atomic mass is 10.2. The molecule has 0 unspecified atom stereocenters. The van der Waals surface area contributed by atoms with E-state index in [1.165, 1.54) is 0 Å². The molecular weight excluding hydrogens is 270 g/mol. The molecule has 20 heavy (non-hydrogen) atoms. The average molecular weight is 299 g/mol. The summed E-state index contributed by atoms with van der Waals surface area (Å²) in [6, 6.07) is 0. The molecule has 116 valence electrons. The quantitative estimate of drug-likeness (QED) is 0.568. The number of carbonyl (C=O) groups excluding carboxylic acids is 1. The number of hydrogen-bond donors (Lipinski definition) is 0. The summed E-state index contributed by atoms with van der Waals surface area (Å²) in [5.74, 6) is 0. The maximum Gasteiger partial charge on any atom is 0.412 e. The minimum absolute atomic E-state index is 0.114. The van der Waals surface area contributed by atoms with Gasteiger partial charge in [0.25, 0.3) is 0 Å². The highest BCUT2D eigenvalue weighted by Crippen LogP contribution is 2.38. The second-order valence-electron chi connectivity index (χ2n) is 7.83. The minimum atomic E-state index is -1.92. The minimum Gasteiger partial charge on any atom is -0.444 e. The molecular formula is C15H29NO3Si. The van der Waals surface area contributed by atoms with Crippen molar-refractivity contribution in [1.82, 2.24) is 4.90 Å². The van der Waals surface area contributed by atoms with Gasteiger partial charge in [-0.15, -0.1) is 0 Å². The number of hydrogen-bond acceptors (Lipinski definition) is 3. The van der Waals surface area contributed by atoms with Gasteiger partial charge in [0.05, 0.1) is 0 Å². The molecule has 0 aromatic heterocycles. The third kappa shape index (κ3) is 4.35. The lowest BCUT2D eigenvalue weighted by Gasteiger charge is -2.40. The highest BCUT2D eigenvalue weighted by molar-refractivity contribution is 6.74. The van der Waals surface area contributed by atoms with Gasteiger partial charge in [0.2, 0.25) is 0 Å². The number of ether oxygens (including phenoxy) is 1. The summed E-state index contributed by atoms with van der Waals surface area (Å²) < 4.78 is 11.7. The van der Waals surface area contributed by atoms with Crippen molar-refractivity contribution in [3.05, 3.63) is 12.2 Å². The van der Waals surface area contributed by atoms with E-state index in [1.54, 1.807) is 4.90 Å². The van der Waals surface area contributed by atoms with Crippen LogP contribution in [0.5, 0.6) is 0 Å². The van der Waals surface area contributed by atoms with Crippen LogP contribution in [0.3, 0.4) is 0 Å². The Labute approximate surface area is 124 Å². The molecule has 4 nitrogen and oxygen atoms in total. The first-order valence-electron chi connectivity index (χ1n) is 7.18. The Morgan fingerprint density at radius 3 is 2.20 bits per heavy atom. The van der Waals surface area contributed by atoms with E-state index in [4.69, 9.17) is 9.16 Å². The molecule has 0 aromatic rings. The molecule has 0 fully saturated rings. The average Bonchev–Trinajstić information content (AvgIpc) is 2.60. The molecule has 0 radical (unpaired) electrons. The van der Waals surface area contributed by atoms with Gasteiger partial charge in [-0.1, -0.05) is 26.8 Å². The largest absolute Gasteiger partial charge is 0.444 e. The molecule has 1 atom stereocenters. The monoisotopic (exact) mass is 299 g/mol. The molecule has 0 spiro atoms. The van der Waals surface area contributed by atoms with E-state index < -0.39 is 13.9 Å². The highest BCUT2D eigenvalue weighted by Gasteiger charge is 2.41. The molecule has 1 aliphatic heterocycles. The molecule has 0 saturated carbocycles. The predicted octanol–water partition coefficient (Wildman–Crippen LogP) is 4.14. The fourth-order valence-corrected chi connectivity index (χ4v) is 2.74. The first kappa shape index (κ1) is 17.2. The van der Waals surface area contributed by atoms with Crippen molar-refractivity contribution in [2.24, 2.45) is 0 Å². The molecule has 0 aromatic carbocycles. The second kappa shape index (κ2) is 5.52. The second-order valence-corrected chi connectivity index (χ2v) is 12.6. The maximum absolute atomic E-state index is 12.2. The van der Waals surface area contributed by atoms with Crippen molar-refractivity contribution in [3.8, 4) is 0 Å². The molecule has 1 rings (SSSR count). The summed E-state index contributed by atoms with van der Waals surface area (Å²) in [6.45, 7) is 17.1. The number of amides is 1. The van der Waals surface area contributed by atoms with Crippen LogP contribution in [0.2, 0.25) is 18.1 Å².